The van der Waals surface area contributed by atoms with Crippen LogP contribution < -0.4 is 16.0 Å². The first kappa shape index (κ1) is 20.2. The Kier molecular flexibility index (Phi) is 6.71. The number of halogens is 1. The maximum Gasteiger partial charge on any atom is 0.405 e. The van der Waals surface area contributed by atoms with Crippen molar-refractivity contribution in [1.29, 1.82) is 0 Å². The number of benzene rings is 3. The van der Waals surface area contributed by atoms with Gasteiger partial charge in [-0.1, -0.05) is 72.3 Å². The Hall–Kier alpha value is -3.51. The van der Waals surface area contributed by atoms with E-state index in [4.69, 9.17) is 11.6 Å². The van der Waals surface area contributed by atoms with Crippen LogP contribution in [-0.4, -0.2) is 17.2 Å². The summed E-state index contributed by atoms with van der Waals surface area (Å²) in [6.45, 7) is 0. The van der Waals surface area contributed by atoms with Gasteiger partial charge in [-0.15, -0.1) is 0 Å². The van der Waals surface area contributed by atoms with Crippen molar-refractivity contribution in [1.82, 2.24) is 10.6 Å². The molecule has 0 radical (unpaired) electrons. The van der Waals surface area contributed by atoms with Crippen molar-refractivity contribution in [2.75, 3.05) is 5.32 Å². The van der Waals surface area contributed by atoms with Crippen molar-refractivity contribution in [2.45, 2.75) is 12.1 Å². The molecular formula is C22H20ClN3O3. The predicted molar refractivity (Wildman–Crippen MR) is 113 cm³/mol. The quantitative estimate of drug-likeness (QED) is 0.450. The molecule has 0 spiro atoms. The number of carboxylic acid groups (broad SMARTS) is 1. The standard InChI is InChI=1S/C22H20ClN3O3/c23-17-11-13-18(14-12-17)24-21(27)25-19(15-7-3-1-4-8-15)20(26-22(28)29)16-9-5-2-6-10-16/h1-14,19-20,26H,(H,28,29)(H2,24,25,27)/t19-,20-/m0/s1. The minimum atomic E-state index is -1.18. The van der Waals surface area contributed by atoms with E-state index in [0.29, 0.717) is 10.7 Å². The van der Waals surface area contributed by atoms with E-state index < -0.39 is 24.2 Å². The summed E-state index contributed by atoms with van der Waals surface area (Å²) >= 11 is 5.88. The van der Waals surface area contributed by atoms with Crippen molar-refractivity contribution >= 4 is 29.4 Å². The van der Waals surface area contributed by atoms with Gasteiger partial charge in [-0.05, 0) is 35.4 Å². The van der Waals surface area contributed by atoms with Crippen LogP contribution >= 0.6 is 11.6 Å². The van der Waals surface area contributed by atoms with Crippen LogP contribution in [-0.2, 0) is 0 Å². The highest BCUT2D eigenvalue weighted by molar-refractivity contribution is 6.30. The van der Waals surface area contributed by atoms with E-state index in [1.807, 2.05) is 60.7 Å². The van der Waals surface area contributed by atoms with Gasteiger partial charge >= 0.3 is 12.1 Å². The van der Waals surface area contributed by atoms with Crippen LogP contribution in [0.15, 0.2) is 84.9 Å². The molecule has 3 aromatic carbocycles. The molecule has 0 aliphatic rings. The molecule has 7 heteroatoms. The number of urea groups is 1. The first-order valence-electron chi connectivity index (χ1n) is 8.95. The van der Waals surface area contributed by atoms with Crippen LogP contribution in [0.4, 0.5) is 15.3 Å². The minimum absolute atomic E-state index is 0.464. The molecule has 3 aromatic rings. The summed E-state index contributed by atoms with van der Waals surface area (Å²) in [4.78, 5) is 24.1. The second kappa shape index (κ2) is 9.61. The molecule has 0 aliphatic heterocycles. The smallest absolute Gasteiger partial charge is 0.405 e. The molecule has 0 aliphatic carbocycles. The van der Waals surface area contributed by atoms with Crippen LogP contribution in [0, 0.1) is 0 Å². The number of hydrogen-bond acceptors (Lipinski definition) is 2. The van der Waals surface area contributed by atoms with Gasteiger partial charge in [0.25, 0.3) is 0 Å². The van der Waals surface area contributed by atoms with E-state index in [-0.39, 0.29) is 0 Å². The van der Waals surface area contributed by atoms with E-state index in [1.165, 1.54) is 0 Å². The Morgan fingerprint density at radius 3 is 1.69 bits per heavy atom. The molecule has 0 saturated carbocycles. The SMILES string of the molecule is O=C(O)N[C@@H](c1ccccc1)[C@@H](NC(=O)Nc1ccc(Cl)cc1)c1ccccc1. The average Bonchev–Trinajstić information content (AvgIpc) is 2.73. The Morgan fingerprint density at radius 2 is 1.21 bits per heavy atom. The Morgan fingerprint density at radius 1 is 0.724 bits per heavy atom. The molecule has 3 rings (SSSR count). The molecule has 3 amide bonds. The lowest BCUT2D eigenvalue weighted by Gasteiger charge is -2.29. The number of amides is 3. The monoisotopic (exact) mass is 409 g/mol. The third kappa shape index (κ3) is 5.73. The number of carbonyl (C=O) groups is 2. The van der Waals surface area contributed by atoms with Gasteiger partial charge in [0.1, 0.15) is 0 Å². The van der Waals surface area contributed by atoms with E-state index >= 15 is 0 Å². The summed E-state index contributed by atoms with van der Waals surface area (Å²) in [6.07, 6.45) is -1.18. The molecule has 2 atom stereocenters. The fourth-order valence-electron chi connectivity index (χ4n) is 3.01. The summed E-state index contributed by atoms with van der Waals surface area (Å²) in [5, 5.41) is 18.1. The number of rotatable bonds is 6. The maximum absolute atomic E-state index is 12.7. The molecule has 29 heavy (non-hydrogen) atoms. The summed E-state index contributed by atoms with van der Waals surface area (Å²) in [7, 11) is 0. The highest BCUT2D eigenvalue weighted by Crippen LogP contribution is 2.29. The van der Waals surface area contributed by atoms with Crippen molar-refractivity contribution in [2.24, 2.45) is 0 Å². The third-order valence-corrected chi connectivity index (χ3v) is 4.57. The molecule has 0 saturated heterocycles. The number of carbonyl (C=O) groups excluding carboxylic acids is 1. The van der Waals surface area contributed by atoms with Crippen LogP contribution in [0.2, 0.25) is 5.02 Å². The molecule has 4 N–H and O–H groups in total. The fraction of sp³-hybridized carbons (Fsp3) is 0.0909. The first-order valence-corrected chi connectivity index (χ1v) is 9.33. The maximum atomic E-state index is 12.7. The first-order chi connectivity index (χ1) is 14.0. The second-order valence-electron chi connectivity index (χ2n) is 6.33. The van der Waals surface area contributed by atoms with Crippen molar-refractivity contribution < 1.29 is 14.7 Å². The number of hydrogen-bond donors (Lipinski definition) is 4. The minimum Gasteiger partial charge on any atom is -0.465 e. The lowest BCUT2D eigenvalue weighted by Crippen LogP contribution is -2.41. The second-order valence-corrected chi connectivity index (χ2v) is 6.77. The summed E-state index contributed by atoms with van der Waals surface area (Å²) < 4.78 is 0. The van der Waals surface area contributed by atoms with Crippen LogP contribution in [0.1, 0.15) is 23.2 Å². The highest BCUT2D eigenvalue weighted by Gasteiger charge is 2.28. The zero-order valence-electron chi connectivity index (χ0n) is 15.4. The van der Waals surface area contributed by atoms with Crippen molar-refractivity contribution in [3.8, 4) is 0 Å². The summed E-state index contributed by atoms with van der Waals surface area (Å²) in [5.74, 6) is 0. The molecule has 0 heterocycles. The van der Waals surface area contributed by atoms with Crippen LogP contribution in [0.3, 0.4) is 0 Å². The van der Waals surface area contributed by atoms with Crippen LogP contribution in [0.25, 0.3) is 0 Å². The molecule has 0 unspecified atom stereocenters. The van der Waals surface area contributed by atoms with E-state index in [1.54, 1.807) is 24.3 Å². The fourth-order valence-corrected chi connectivity index (χ4v) is 3.14. The topological polar surface area (TPSA) is 90.5 Å². The summed E-state index contributed by atoms with van der Waals surface area (Å²) in [5.41, 5.74) is 2.07. The molecule has 6 nitrogen and oxygen atoms in total. The highest BCUT2D eigenvalue weighted by atomic mass is 35.5. The van der Waals surface area contributed by atoms with Gasteiger partial charge in [0.05, 0.1) is 12.1 Å². The van der Waals surface area contributed by atoms with Gasteiger partial charge in [0.2, 0.25) is 0 Å². The van der Waals surface area contributed by atoms with Gasteiger partial charge in [-0.2, -0.15) is 0 Å². The zero-order valence-corrected chi connectivity index (χ0v) is 16.1. The predicted octanol–water partition coefficient (Wildman–Crippen LogP) is 5.21. The lowest BCUT2D eigenvalue weighted by atomic mass is 9.93. The molecule has 0 bridgehead atoms. The van der Waals surface area contributed by atoms with Gasteiger partial charge in [0.15, 0.2) is 0 Å². The Bertz CT molecular complexity index is 950. The summed E-state index contributed by atoms with van der Waals surface area (Å²) in [6, 6.07) is 23.3. The number of anilines is 1. The van der Waals surface area contributed by atoms with Crippen molar-refractivity contribution in [3.63, 3.8) is 0 Å². The molecule has 0 fully saturated rings. The Balaban J connectivity index is 1.89. The Labute approximate surface area is 173 Å². The molecule has 0 aromatic heterocycles. The number of nitrogens with one attached hydrogen (secondary N) is 3. The van der Waals surface area contributed by atoms with Gasteiger partial charge in [-0.3, -0.25) is 0 Å². The largest absolute Gasteiger partial charge is 0.465 e. The van der Waals surface area contributed by atoms with Crippen molar-refractivity contribution in [3.05, 3.63) is 101 Å². The lowest BCUT2D eigenvalue weighted by molar-refractivity contribution is 0.185. The zero-order chi connectivity index (χ0) is 20.6. The van der Waals surface area contributed by atoms with Crippen LogP contribution in [0.5, 0.6) is 0 Å². The van der Waals surface area contributed by atoms with Gasteiger partial charge in [-0.25, -0.2) is 9.59 Å². The van der Waals surface area contributed by atoms with E-state index in [0.717, 1.165) is 11.1 Å². The molecule has 148 valence electrons. The van der Waals surface area contributed by atoms with E-state index in [9.17, 15) is 14.7 Å². The van der Waals surface area contributed by atoms with E-state index in [2.05, 4.69) is 16.0 Å². The normalized spacial score (nSPS) is 12.4. The average molecular weight is 410 g/mol. The van der Waals surface area contributed by atoms with Gasteiger partial charge < -0.3 is 21.1 Å². The van der Waals surface area contributed by atoms with Gasteiger partial charge in [0, 0.05) is 10.7 Å². The molecular weight excluding hydrogens is 390 g/mol. The third-order valence-electron chi connectivity index (χ3n) is 4.32.